The van der Waals surface area contributed by atoms with Gasteiger partial charge in [0.2, 0.25) is 0 Å². The van der Waals surface area contributed by atoms with Gasteiger partial charge in [0, 0.05) is 0 Å². The summed E-state index contributed by atoms with van der Waals surface area (Å²) < 4.78 is 29.2. The van der Waals surface area contributed by atoms with E-state index in [9.17, 15) is 8.42 Å². The summed E-state index contributed by atoms with van der Waals surface area (Å²) in [6.45, 7) is 2.20. The monoisotopic (exact) mass is 388 g/mol. The first-order valence-corrected chi connectivity index (χ1v) is 11.5. The van der Waals surface area contributed by atoms with Crippen molar-refractivity contribution in [1.82, 2.24) is 0 Å². The van der Waals surface area contributed by atoms with E-state index in [-0.39, 0.29) is 11.5 Å². The molecule has 2 rings (SSSR count). The van der Waals surface area contributed by atoms with Gasteiger partial charge in [0.05, 0.1) is 11.5 Å². The molecule has 0 unspecified atom stereocenters. The molecule has 0 saturated carbocycles. The normalized spacial score (nSPS) is 11.6. The maximum absolute atomic E-state index is 12.1. The third kappa shape index (κ3) is 8.72. The van der Waals surface area contributed by atoms with Gasteiger partial charge in [0.1, 0.15) is 0 Å². The molecule has 0 spiro atoms. The molecule has 0 saturated heterocycles. The molecule has 0 heterocycles. The van der Waals surface area contributed by atoms with Gasteiger partial charge < -0.3 is 0 Å². The van der Waals surface area contributed by atoms with Crippen molar-refractivity contribution < 1.29 is 12.6 Å². The smallest absolute Gasteiger partial charge is 0.266 e. The molecule has 2 aromatic rings. The number of rotatable bonds is 13. The zero-order chi connectivity index (χ0) is 19.4. The van der Waals surface area contributed by atoms with Crippen LogP contribution >= 0.6 is 0 Å². The van der Waals surface area contributed by atoms with Crippen LogP contribution in [0.1, 0.15) is 62.5 Å². The molecule has 0 fully saturated rings. The van der Waals surface area contributed by atoms with Crippen LogP contribution in [0.3, 0.4) is 0 Å². The van der Waals surface area contributed by atoms with E-state index < -0.39 is 10.1 Å². The van der Waals surface area contributed by atoms with E-state index in [0.29, 0.717) is 0 Å². The third-order valence-corrected chi connectivity index (χ3v) is 6.08. The van der Waals surface area contributed by atoms with Crippen LogP contribution in [0, 0.1) is 6.92 Å². The molecule has 0 radical (unpaired) electrons. The maximum Gasteiger partial charge on any atom is 0.296 e. The minimum absolute atomic E-state index is 0.239. The van der Waals surface area contributed by atoms with E-state index in [2.05, 4.69) is 30.3 Å². The fourth-order valence-corrected chi connectivity index (χ4v) is 4.02. The summed E-state index contributed by atoms with van der Waals surface area (Å²) in [5.41, 5.74) is 2.46. The van der Waals surface area contributed by atoms with Gasteiger partial charge in [-0.05, 0) is 43.9 Å². The van der Waals surface area contributed by atoms with Crippen LogP contribution in [0.2, 0.25) is 0 Å². The number of benzene rings is 2. The second kappa shape index (κ2) is 11.9. The molecule has 0 aliphatic heterocycles. The summed E-state index contributed by atoms with van der Waals surface area (Å²) in [4.78, 5) is 0.239. The number of aryl methyl sites for hydroxylation is 2. The molecule has 0 amide bonds. The highest BCUT2D eigenvalue weighted by Crippen LogP contribution is 2.15. The SMILES string of the molecule is Cc1ccc(S(=O)(=O)OCCCCCCCCCCc2ccccc2)cc1. The van der Waals surface area contributed by atoms with E-state index in [1.165, 1.54) is 44.1 Å². The standard InChI is InChI=1S/C23H32O3S/c1-21-16-18-23(19-17-21)27(24,25)26-20-12-7-5-3-2-4-6-9-13-22-14-10-8-11-15-22/h8,10-11,14-19H,2-7,9,12-13,20H2,1H3. The molecule has 0 N–H and O–H groups in total. The molecular weight excluding hydrogens is 356 g/mol. The Kier molecular flexibility index (Phi) is 9.57. The summed E-state index contributed by atoms with van der Waals surface area (Å²) in [5, 5.41) is 0. The Bertz CT molecular complexity index is 737. The molecule has 0 aromatic heterocycles. The topological polar surface area (TPSA) is 43.4 Å². The van der Waals surface area contributed by atoms with Crippen molar-refractivity contribution in [3.8, 4) is 0 Å². The lowest BCUT2D eigenvalue weighted by Gasteiger charge is -2.06. The van der Waals surface area contributed by atoms with E-state index in [4.69, 9.17) is 4.18 Å². The summed E-state index contributed by atoms with van der Waals surface area (Å²) in [7, 11) is -3.61. The zero-order valence-electron chi connectivity index (χ0n) is 16.4. The Morgan fingerprint density at radius 2 is 1.26 bits per heavy atom. The lowest BCUT2D eigenvalue weighted by atomic mass is 10.0. The van der Waals surface area contributed by atoms with Crippen molar-refractivity contribution in [1.29, 1.82) is 0 Å². The van der Waals surface area contributed by atoms with Crippen molar-refractivity contribution >= 4 is 10.1 Å². The van der Waals surface area contributed by atoms with Crippen LogP contribution in [0.15, 0.2) is 59.5 Å². The summed E-state index contributed by atoms with van der Waals surface area (Å²) in [6, 6.07) is 17.4. The van der Waals surface area contributed by atoms with Gasteiger partial charge >= 0.3 is 0 Å². The molecule has 3 nitrogen and oxygen atoms in total. The van der Waals surface area contributed by atoms with Gasteiger partial charge in [0.25, 0.3) is 10.1 Å². The van der Waals surface area contributed by atoms with Gasteiger partial charge in [-0.2, -0.15) is 8.42 Å². The number of unbranched alkanes of at least 4 members (excludes halogenated alkanes) is 7. The summed E-state index contributed by atoms with van der Waals surface area (Å²) >= 11 is 0. The van der Waals surface area contributed by atoms with Crippen molar-refractivity contribution in [3.05, 3.63) is 65.7 Å². The Morgan fingerprint density at radius 1 is 0.704 bits per heavy atom. The first-order chi connectivity index (χ1) is 13.1. The van der Waals surface area contributed by atoms with E-state index >= 15 is 0 Å². The Labute approximate surface area is 164 Å². The molecule has 27 heavy (non-hydrogen) atoms. The Hall–Kier alpha value is -1.65. The van der Waals surface area contributed by atoms with Crippen LogP contribution in [0.5, 0.6) is 0 Å². The van der Waals surface area contributed by atoms with Crippen LogP contribution < -0.4 is 0 Å². The van der Waals surface area contributed by atoms with Crippen molar-refractivity contribution in [3.63, 3.8) is 0 Å². The fourth-order valence-electron chi connectivity index (χ4n) is 3.08. The van der Waals surface area contributed by atoms with Crippen molar-refractivity contribution in [2.45, 2.75) is 69.6 Å². The summed E-state index contributed by atoms with van der Waals surface area (Å²) in [5.74, 6) is 0. The Balaban J connectivity index is 1.45. The van der Waals surface area contributed by atoms with Crippen molar-refractivity contribution in [2.24, 2.45) is 0 Å². The second-order valence-corrected chi connectivity index (χ2v) is 8.77. The molecule has 148 valence electrons. The molecule has 0 atom stereocenters. The molecular formula is C23H32O3S. The summed E-state index contributed by atoms with van der Waals surface area (Å²) in [6.07, 6.45) is 10.4. The van der Waals surface area contributed by atoms with E-state index in [0.717, 1.165) is 24.8 Å². The first-order valence-electron chi connectivity index (χ1n) is 10.1. The van der Waals surface area contributed by atoms with Gasteiger partial charge in [-0.3, -0.25) is 4.18 Å². The lowest BCUT2D eigenvalue weighted by Crippen LogP contribution is -2.07. The van der Waals surface area contributed by atoms with E-state index in [1.807, 2.05) is 6.92 Å². The predicted octanol–water partition coefficient (Wildman–Crippen LogP) is 6.06. The fraction of sp³-hybridized carbons (Fsp3) is 0.478. The third-order valence-electron chi connectivity index (χ3n) is 4.75. The van der Waals surface area contributed by atoms with Gasteiger partial charge in [-0.1, -0.05) is 86.6 Å². The average Bonchev–Trinajstić information content (AvgIpc) is 2.67. The highest BCUT2D eigenvalue weighted by molar-refractivity contribution is 7.86. The highest BCUT2D eigenvalue weighted by Gasteiger charge is 2.14. The highest BCUT2D eigenvalue weighted by atomic mass is 32.2. The predicted molar refractivity (Wildman–Crippen MR) is 111 cm³/mol. The first kappa shape index (κ1) is 21.6. The lowest BCUT2D eigenvalue weighted by molar-refractivity contribution is 0.306. The minimum atomic E-state index is -3.61. The van der Waals surface area contributed by atoms with Crippen LogP contribution in [-0.2, 0) is 20.7 Å². The largest absolute Gasteiger partial charge is 0.296 e. The number of hydrogen-bond acceptors (Lipinski definition) is 3. The minimum Gasteiger partial charge on any atom is -0.266 e. The Morgan fingerprint density at radius 3 is 1.89 bits per heavy atom. The maximum atomic E-state index is 12.1. The molecule has 0 aliphatic carbocycles. The number of hydrogen-bond donors (Lipinski definition) is 0. The van der Waals surface area contributed by atoms with Crippen LogP contribution in [-0.4, -0.2) is 15.0 Å². The van der Waals surface area contributed by atoms with Gasteiger partial charge in [-0.25, -0.2) is 0 Å². The van der Waals surface area contributed by atoms with Crippen molar-refractivity contribution in [2.75, 3.05) is 6.61 Å². The average molecular weight is 389 g/mol. The van der Waals surface area contributed by atoms with Crippen LogP contribution in [0.25, 0.3) is 0 Å². The van der Waals surface area contributed by atoms with Crippen LogP contribution in [0.4, 0.5) is 0 Å². The molecule has 0 bridgehead atoms. The molecule has 4 heteroatoms. The van der Waals surface area contributed by atoms with E-state index in [1.54, 1.807) is 24.3 Å². The zero-order valence-corrected chi connectivity index (χ0v) is 17.2. The molecule has 0 aliphatic rings. The quantitative estimate of drug-likeness (QED) is 0.309. The van der Waals surface area contributed by atoms with Gasteiger partial charge in [-0.15, -0.1) is 0 Å². The molecule has 2 aromatic carbocycles. The van der Waals surface area contributed by atoms with Gasteiger partial charge in [0.15, 0.2) is 0 Å². The second-order valence-electron chi connectivity index (χ2n) is 7.15.